The van der Waals surface area contributed by atoms with Crippen LogP contribution in [-0.2, 0) is 0 Å². The molecule has 2 aromatic heterocycles. The van der Waals surface area contributed by atoms with Gasteiger partial charge in [-0.25, -0.2) is 15.0 Å². The van der Waals surface area contributed by atoms with Gasteiger partial charge in [-0.3, -0.25) is 0 Å². The lowest BCUT2D eigenvalue weighted by Gasteiger charge is -2.06. The third-order valence-corrected chi connectivity index (χ3v) is 1.81. The van der Waals surface area contributed by atoms with Gasteiger partial charge >= 0.3 is 6.61 Å². The van der Waals surface area contributed by atoms with Gasteiger partial charge in [0, 0.05) is 6.07 Å². The van der Waals surface area contributed by atoms with E-state index in [2.05, 4.69) is 19.7 Å². The largest absolute Gasteiger partial charge is 0.432 e. The fraction of sp³-hybridized carbons (Fsp3) is 0.125. The molecule has 0 radical (unpaired) electrons. The first-order valence-electron chi connectivity index (χ1n) is 3.88. The second-order valence-electron chi connectivity index (χ2n) is 2.58. The van der Waals surface area contributed by atoms with Crippen molar-refractivity contribution in [3.8, 4) is 5.75 Å². The zero-order chi connectivity index (χ0) is 10.8. The van der Waals surface area contributed by atoms with Gasteiger partial charge in [-0.2, -0.15) is 8.78 Å². The van der Waals surface area contributed by atoms with E-state index in [-0.39, 0.29) is 16.4 Å². The van der Waals surface area contributed by atoms with Crippen LogP contribution in [-0.4, -0.2) is 21.6 Å². The van der Waals surface area contributed by atoms with Crippen molar-refractivity contribution in [2.24, 2.45) is 0 Å². The van der Waals surface area contributed by atoms with Crippen molar-refractivity contribution in [1.29, 1.82) is 0 Å². The Morgan fingerprint density at radius 2 is 2.20 bits per heavy atom. The molecule has 0 aliphatic rings. The van der Waals surface area contributed by atoms with Gasteiger partial charge in [0.15, 0.2) is 5.75 Å². The summed E-state index contributed by atoms with van der Waals surface area (Å²) in [5.74, 6) is -0.109. The highest BCUT2D eigenvalue weighted by molar-refractivity contribution is 6.30. The topological polar surface area (TPSA) is 47.9 Å². The predicted octanol–water partition coefficient (Wildman–Crippen LogP) is 2.28. The highest BCUT2D eigenvalue weighted by Gasteiger charge is 2.11. The average Bonchev–Trinajstić information content (AvgIpc) is 2.16. The first-order valence-corrected chi connectivity index (χ1v) is 4.25. The van der Waals surface area contributed by atoms with Gasteiger partial charge in [0.25, 0.3) is 0 Å². The maximum atomic E-state index is 12.1. The highest BCUT2D eigenvalue weighted by atomic mass is 35.5. The van der Waals surface area contributed by atoms with Crippen LogP contribution in [0.1, 0.15) is 0 Å². The van der Waals surface area contributed by atoms with Crippen molar-refractivity contribution < 1.29 is 13.5 Å². The van der Waals surface area contributed by atoms with Crippen LogP contribution < -0.4 is 4.74 Å². The quantitative estimate of drug-likeness (QED) is 0.744. The van der Waals surface area contributed by atoms with Crippen LogP contribution in [0.25, 0.3) is 11.0 Å². The number of hydrogen-bond acceptors (Lipinski definition) is 4. The molecule has 0 saturated carbocycles. The number of pyridine rings is 1. The predicted molar refractivity (Wildman–Crippen MR) is 49.0 cm³/mol. The fourth-order valence-electron chi connectivity index (χ4n) is 1.10. The Bertz CT molecular complexity index is 494. The van der Waals surface area contributed by atoms with E-state index in [0.717, 1.165) is 0 Å². The van der Waals surface area contributed by atoms with E-state index in [0.29, 0.717) is 5.52 Å². The van der Waals surface area contributed by atoms with Crippen LogP contribution in [0, 0.1) is 0 Å². The number of ether oxygens (including phenoxy) is 1. The standard InChI is InChI=1S/C8H4ClF2N3O/c9-6-1-5(15-8(10)11)7-4(14-6)2-12-3-13-7/h1-3,8H. The molecule has 2 aromatic rings. The van der Waals surface area contributed by atoms with E-state index >= 15 is 0 Å². The lowest BCUT2D eigenvalue weighted by molar-refractivity contribution is -0.0489. The van der Waals surface area contributed by atoms with Gasteiger partial charge in [0.1, 0.15) is 22.5 Å². The Morgan fingerprint density at radius 1 is 1.40 bits per heavy atom. The Morgan fingerprint density at radius 3 is 2.93 bits per heavy atom. The molecule has 2 heterocycles. The van der Waals surface area contributed by atoms with Crippen molar-refractivity contribution in [1.82, 2.24) is 15.0 Å². The van der Waals surface area contributed by atoms with Crippen molar-refractivity contribution >= 4 is 22.6 Å². The summed E-state index contributed by atoms with van der Waals surface area (Å²) >= 11 is 5.62. The number of aromatic nitrogens is 3. The molecule has 0 aliphatic heterocycles. The molecule has 0 spiro atoms. The Labute approximate surface area is 87.9 Å². The Kier molecular flexibility index (Phi) is 2.59. The van der Waals surface area contributed by atoms with Crippen LogP contribution in [0.5, 0.6) is 5.75 Å². The third-order valence-electron chi connectivity index (χ3n) is 1.62. The number of fused-ring (bicyclic) bond motifs is 1. The minimum atomic E-state index is -2.93. The number of hydrogen-bond donors (Lipinski definition) is 0. The van der Waals surface area contributed by atoms with Gasteiger partial charge in [-0.15, -0.1) is 0 Å². The summed E-state index contributed by atoms with van der Waals surface area (Å²) in [6.07, 6.45) is 2.59. The maximum absolute atomic E-state index is 12.1. The molecule has 78 valence electrons. The van der Waals surface area contributed by atoms with Crippen molar-refractivity contribution in [2.45, 2.75) is 6.61 Å². The summed E-state index contributed by atoms with van der Waals surface area (Å²) in [5.41, 5.74) is 0.510. The van der Waals surface area contributed by atoms with Crippen LogP contribution in [0.3, 0.4) is 0 Å². The molecule has 2 rings (SSSR count). The number of nitrogens with zero attached hydrogens (tertiary/aromatic N) is 3. The van der Waals surface area contributed by atoms with Crippen molar-refractivity contribution in [2.75, 3.05) is 0 Å². The first-order chi connectivity index (χ1) is 7.16. The number of rotatable bonds is 2. The molecule has 0 N–H and O–H groups in total. The zero-order valence-electron chi connectivity index (χ0n) is 7.19. The molecule has 7 heteroatoms. The number of halogens is 3. The van der Waals surface area contributed by atoms with Crippen LogP contribution in [0.15, 0.2) is 18.6 Å². The first kappa shape index (κ1) is 9.97. The molecule has 0 saturated heterocycles. The van der Waals surface area contributed by atoms with E-state index < -0.39 is 6.61 Å². The van der Waals surface area contributed by atoms with Gasteiger partial charge < -0.3 is 4.74 Å². The molecule has 0 fully saturated rings. The Balaban J connectivity index is 2.60. The smallest absolute Gasteiger partial charge is 0.387 e. The molecule has 4 nitrogen and oxygen atoms in total. The summed E-state index contributed by atoms with van der Waals surface area (Å²) in [4.78, 5) is 11.3. The average molecular weight is 232 g/mol. The number of alkyl halides is 2. The normalized spacial score (nSPS) is 10.9. The molecular weight excluding hydrogens is 228 g/mol. The lowest BCUT2D eigenvalue weighted by Crippen LogP contribution is -2.03. The molecule has 15 heavy (non-hydrogen) atoms. The van der Waals surface area contributed by atoms with E-state index in [9.17, 15) is 8.78 Å². The summed E-state index contributed by atoms with van der Waals surface area (Å²) in [7, 11) is 0. The molecule has 0 bridgehead atoms. The minimum absolute atomic E-state index is 0.0490. The molecule has 0 atom stereocenters. The van der Waals surface area contributed by atoms with Crippen molar-refractivity contribution in [3.63, 3.8) is 0 Å². The second-order valence-corrected chi connectivity index (χ2v) is 2.97. The SMILES string of the molecule is FC(F)Oc1cc(Cl)nc2cncnc12. The Hall–Kier alpha value is -1.56. The van der Waals surface area contributed by atoms with E-state index in [4.69, 9.17) is 11.6 Å². The van der Waals surface area contributed by atoms with Crippen LogP contribution >= 0.6 is 11.6 Å². The molecule has 0 unspecified atom stereocenters. The fourth-order valence-corrected chi connectivity index (χ4v) is 1.29. The van der Waals surface area contributed by atoms with E-state index in [1.807, 2.05) is 0 Å². The second kappa shape index (κ2) is 3.90. The third kappa shape index (κ3) is 2.10. The maximum Gasteiger partial charge on any atom is 0.387 e. The van der Waals surface area contributed by atoms with Gasteiger partial charge in [0.2, 0.25) is 0 Å². The zero-order valence-corrected chi connectivity index (χ0v) is 7.95. The minimum Gasteiger partial charge on any atom is -0.432 e. The summed E-state index contributed by atoms with van der Waals surface area (Å²) in [5, 5.41) is 0.0490. The monoisotopic (exact) mass is 231 g/mol. The molecule has 0 aliphatic carbocycles. The van der Waals surface area contributed by atoms with Gasteiger partial charge in [-0.1, -0.05) is 11.6 Å². The van der Waals surface area contributed by atoms with Crippen molar-refractivity contribution in [3.05, 3.63) is 23.7 Å². The summed E-state index contributed by atoms with van der Waals surface area (Å²) < 4.78 is 28.4. The van der Waals surface area contributed by atoms with E-state index in [1.54, 1.807) is 0 Å². The summed E-state index contributed by atoms with van der Waals surface area (Å²) in [6.45, 7) is -2.93. The van der Waals surface area contributed by atoms with Crippen LogP contribution in [0.2, 0.25) is 5.15 Å². The van der Waals surface area contributed by atoms with Gasteiger partial charge in [0.05, 0.1) is 6.20 Å². The lowest BCUT2D eigenvalue weighted by atomic mass is 10.3. The molecule has 0 amide bonds. The molecule has 0 aromatic carbocycles. The van der Waals surface area contributed by atoms with Crippen LogP contribution in [0.4, 0.5) is 8.78 Å². The summed E-state index contributed by atoms with van der Waals surface area (Å²) in [6, 6.07) is 1.18. The molecular formula is C8H4ClF2N3O. The highest BCUT2D eigenvalue weighted by Crippen LogP contribution is 2.26. The van der Waals surface area contributed by atoms with E-state index in [1.165, 1.54) is 18.6 Å². The van der Waals surface area contributed by atoms with Gasteiger partial charge in [-0.05, 0) is 0 Å².